The Morgan fingerprint density at radius 2 is 2.00 bits per heavy atom. The Balaban J connectivity index is 2.44. The van der Waals surface area contributed by atoms with Crippen LogP contribution in [0.5, 0.6) is 0 Å². The highest BCUT2D eigenvalue weighted by Crippen LogP contribution is 2.42. The lowest BCUT2D eigenvalue weighted by atomic mass is 10.1. The van der Waals surface area contributed by atoms with Crippen LogP contribution in [0.4, 0.5) is 15.8 Å². The lowest BCUT2D eigenvalue weighted by molar-refractivity contribution is 0.405. The third kappa shape index (κ3) is 2.33. The molecule has 0 bridgehead atoms. The smallest absolute Gasteiger partial charge is 0.148 e. The highest BCUT2D eigenvalue weighted by atomic mass is 19.1. The summed E-state index contributed by atoms with van der Waals surface area (Å²) in [5, 5.41) is 3.12. The summed E-state index contributed by atoms with van der Waals surface area (Å²) in [4.78, 5) is 4.48. The van der Waals surface area contributed by atoms with Gasteiger partial charge in [-0.1, -0.05) is 6.07 Å². The van der Waals surface area contributed by atoms with Crippen molar-refractivity contribution in [3.63, 3.8) is 0 Å². The fraction of sp³-hybridized carbons (Fsp3) is 0.500. The molecule has 0 aromatic heterocycles. The first-order chi connectivity index (χ1) is 7.96. The molecule has 3 heteroatoms. The molecule has 1 aromatic rings. The average molecular weight is 234 g/mol. The molecule has 1 aromatic carbocycles. The van der Waals surface area contributed by atoms with Crippen LogP contribution >= 0.6 is 0 Å². The van der Waals surface area contributed by atoms with Crippen LogP contribution in [0.3, 0.4) is 0 Å². The number of benzene rings is 1. The van der Waals surface area contributed by atoms with E-state index in [9.17, 15) is 4.39 Å². The molecule has 1 saturated carbocycles. The van der Waals surface area contributed by atoms with E-state index >= 15 is 0 Å². The van der Waals surface area contributed by atoms with Crippen LogP contribution in [0.1, 0.15) is 30.9 Å². The largest absolute Gasteiger partial charge is 0.386 e. The molecule has 0 amide bonds. The van der Waals surface area contributed by atoms with Gasteiger partial charge in [-0.2, -0.15) is 0 Å². The zero-order chi connectivity index (χ0) is 12.6. The van der Waals surface area contributed by atoms with Gasteiger partial charge in [0, 0.05) is 7.05 Å². The van der Waals surface area contributed by atoms with Gasteiger partial charge in [-0.25, -0.2) is 4.39 Å². The molecule has 0 aliphatic heterocycles. The number of aryl methyl sites for hydroxylation is 2. The molecule has 2 nitrogen and oxygen atoms in total. The van der Waals surface area contributed by atoms with E-state index < -0.39 is 5.67 Å². The molecule has 0 heterocycles. The Labute approximate surface area is 102 Å². The summed E-state index contributed by atoms with van der Waals surface area (Å²) in [7, 11) is 1.87. The minimum atomic E-state index is -1.14. The molecule has 0 unspecified atom stereocenters. The third-order valence-electron chi connectivity index (χ3n) is 3.33. The fourth-order valence-corrected chi connectivity index (χ4v) is 2.04. The van der Waals surface area contributed by atoms with Crippen molar-refractivity contribution >= 4 is 17.1 Å². The zero-order valence-electron chi connectivity index (χ0n) is 10.9. The number of halogens is 1. The number of alkyl halides is 1. The van der Waals surface area contributed by atoms with Gasteiger partial charge in [0.2, 0.25) is 0 Å². The van der Waals surface area contributed by atoms with Crippen molar-refractivity contribution in [3.05, 3.63) is 23.3 Å². The summed E-state index contributed by atoms with van der Waals surface area (Å²) >= 11 is 0. The molecule has 17 heavy (non-hydrogen) atoms. The minimum Gasteiger partial charge on any atom is -0.386 e. The number of rotatable bonds is 3. The third-order valence-corrected chi connectivity index (χ3v) is 3.33. The Hall–Kier alpha value is -1.38. The van der Waals surface area contributed by atoms with Gasteiger partial charge in [-0.15, -0.1) is 0 Å². The second-order valence-electron chi connectivity index (χ2n) is 4.89. The number of hydrogen-bond acceptors (Lipinski definition) is 2. The number of nitrogens with one attached hydrogen (secondary N) is 1. The van der Waals surface area contributed by atoms with Gasteiger partial charge in [-0.05, 0) is 50.8 Å². The van der Waals surface area contributed by atoms with E-state index in [-0.39, 0.29) is 0 Å². The summed E-state index contributed by atoms with van der Waals surface area (Å²) in [6, 6.07) is 4.11. The molecule has 0 saturated heterocycles. The molecular weight excluding hydrogens is 215 g/mol. The lowest BCUT2D eigenvalue weighted by Crippen LogP contribution is -2.12. The molecule has 1 fully saturated rings. The van der Waals surface area contributed by atoms with Crippen LogP contribution in [0.25, 0.3) is 0 Å². The number of hydrogen-bond donors (Lipinski definition) is 1. The highest BCUT2D eigenvalue weighted by molar-refractivity contribution is 5.96. The Bertz CT molecular complexity index is 473. The second-order valence-corrected chi connectivity index (χ2v) is 4.89. The number of aliphatic imine (C=N–C) groups is 1. The monoisotopic (exact) mass is 234 g/mol. The maximum Gasteiger partial charge on any atom is 0.148 e. The van der Waals surface area contributed by atoms with E-state index in [1.54, 1.807) is 6.92 Å². The van der Waals surface area contributed by atoms with Crippen LogP contribution in [0.2, 0.25) is 0 Å². The summed E-state index contributed by atoms with van der Waals surface area (Å²) in [6.07, 6.45) is 1.23. The van der Waals surface area contributed by atoms with Crippen molar-refractivity contribution in [2.24, 2.45) is 4.99 Å². The predicted octanol–water partition coefficient (Wildman–Crippen LogP) is 3.94. The molecule has 92 valence electrons. The number of anilines is 1. The van der Waals surface area contributed by atoms with E-state index in [1.807, 2.05) is 27.0 Å². The summed E-state index contributed by atoms with van der Waals surface area (Å²) in [5.41, 5.74) is 3.55. The molecule has 0 spiro atoms. The molecule has 1 aliphatic carbocycles. The van der Waals surface area contributed by atoms with Crippen LogP contribution in [0.15, 0.2) is 17.1 Å². The Kier molecular flexibility index (Phi) is 2.94. The van der Waals surface area contributed by atoms with E-state index in [0.717, 1.165) is 16.9 Å². The van der Waals surface area contributed by atoms with Crippen molar-refractivity contribution in [1.82, 2.24) is 0 Å². The van der Waals surface area contributed by atoms with Gasteiger partial charge in [-0.3, -0.25) is 4.99 Å². The van der Waals surface area contributed by atoms with Crippen LogP contribution < -0.4 is 5.32 Å². The first-order valence-corrected chi connectivity index (χ1v) is 6.00. The van der Waals surface area contributed by atoms with E-state index in [4.69, 9.17) is 0 Å². The van der Waals surface area contributed by atoms with E-state index in [1.165, 1.54) is 5.56 Å². The van der Waals surface area contributed by atoms with E-state index in [2.05, 4.69) is 16.4 Å². The SMILES string of the molecule is CNc1cc(C)cc(C)c1N=C(C)C1(F)CC1. The van der Waals surface area contributed by atoms with Gasteiger partial charge in [0.15, 0.2) is 0 Å². The Morgan fingerprint density at radius 1 is 1.35 bits per heavy atom. The van der Waals surface area contributed by atoms with Gasteiger partial charge in [0.1, 0.15) is 5.67 Å². The maximum atomic E-state index is 13.9. The molecular formula is C14H19FN2. The highest BCUT2D eigenvalue weighted by Gasteiger charge is 2.46. The topological polar surface area (TPSA) is 24.4 Å². The van der Waals surface area contributed by atoms with Crippen molar-refractivity contribution < 1.29 is 4.39 Å². The van der Waals surface area contributed by atoms with Crippen LogP contribution in [-0.2, 0) is 0 Å². The minimum absolute atomic E-state index is 0.598. The zero-order valence-corrected chi connectivity index (χ0v) is 10.9. The standard InChI is InChI=1S/C14H19FN2/c1-9-7-10(2)13(12(8-9)16-4)17-11(3)14(15)5-6-14/h7-8,16H,5-6H2,1-4H3. The Morgan fingerprint density at radius 3 is 2.53 bits per heavy atom. The maximum absolute atomic E-state index is 13.9. The first-order valence-electron chi connectivity index (χ1n) is 6.00. The average Bonchev–Trinajstić information content (AvgIpc) is 3.01. The number of nitrogens with zero attached hydrogens (tertiary/aromatic N) is 1. The normalized spacial score (nSPS) is 18.1. The van der Waals surface area contributed by atoms with Gasteiger partial charge >= 0.3 is 0 Å². The lowest BCUT2D eigenvalue weighted by Gasteiger charge is -2.12. The first kappa shape index (κ1) is 12.1. The summed E-state index contributed by atoms with van der Waals surface area (Å²) in [6.45, 7) is 5.84. The van der Waals surface area contributed by atoms with E-state index in [0.29, 0.717) is 18.6 Å². The fourth-order valence-electron chi connectivity index (χ4n) is 2.04. The molecule has 0 atom stereocenters. The summed E-state index contributed by atoms with van der Waals surface area (Å²) < 4.78 is 13.9. The quantitative estimate of drug-likeness (QED) is 0.787. The van der Waals surface area contributed by atoms with Crippen molar-refractivity contribution in [1.29, 1.82) is 0 Å². The summed E-state index contributed by atoms with van der Waals surface area (Å²) in [5.74, 6) is 0. The van der Waals surface area contributed by atoms with Crippen molar-refractivity contribution in [2.45, 2.75) is 39.3 Å². The van der Waals surface area contributed by atoms with Crippen molar-refractivity contribution in [2.75, 3.05) is 12.4 Å². The molecule has 1 N–H and O–H groups in total. The van der Waals surface area contributed by atoms with Gasteiger partial charge < -0.3 is 5.32 Å². The van der Waals surface area contributed by atoms with Gasteiger partial charge in [0.25, 0.3) is 0 Å². The van der Waals surface area contributed by atoms with Crippen molar-refractivity contribution in [3.8, 4) is 0 Å². The van der Waals surface area contributed by atoms with Crippen LogP contribution in [0, 0.1) is 13.8 Å². The van der Waals surface area contributed by atoms with Gasteiger partial charge in [0.05, 0.1) is 17.1 Å². The molecule has 0 radical (unpaired) electrons. The molecule has 2 rings (SSSR count). The predicted molar refractivity (Wildman–Crippen MR) is 71.3 cm³/mol. The van der Waals surface area contributed by atoms with Crippen LogP contribution in [-0.4, -0.2) is 18.4 Å². The second kappa shape index (κ2) is 4.13. The molecule has 1 aliphatic rings.